The van der Waals surface area contributed by atoms with Crippen LogP contribution in [0, 0.1) is 5.41 Å². The highest BCUT2D eigenvalue weighted by molar-refractivity contribution is 5.91. The van der Waals surface area contributed by atoms with E-state index in [1.54, 1.807) is 0 Å². The maximum Gasteiger partial charge on any atom is 0.245 e. The molecule has 0 aliphatic heterocycles. The number of rotatable bonds is 1. The number of carbonyl (C=O) groups is 1. The van der Waals surface area contributed by atoms with Gasteiger partial charge < -0.3 is 5.73 Å². The van der Waals surface area contributed by atoms with Crippen LogP contribution in [0.2, 0.25) is 0 Å². The zero-order chi connectivity index (χ0) is 13.5. The Kier molecular flexibility index (Phi) is 7.04. The minimum absolute atomic E-state index is 0.0269. The van der Waals surface area contributed by atoms with Crippen LogP contribution in [0.3, 0.4) is 0 Å². The number of hydrogen-bond donors (Lipinski definition) is 2. The van der Waals surface area contributed by atoms with Crippen LogP contribution in [-0.2, 0) is 4.79 Å². The number of nitrogens with one attached hydrogen (secondary N) is 1. The molecule has 0 aromatic rings. The average molecular weight is 241 g/mol. The summed E-state index contributed by atoms with van der Waals surface area (Å²) in [5, 5.41) is 4.12. The Balaban J connectivity index is 0.00000121. The summed E-state index contributed by atoms with van der Waals surface area (Å²) in [6, 6.07) is 0.0269. The van der Waals surface area contributed by atoms with Gasteiger partial charge in [-0.25, -0.2) is 5.43 Å². The van der Waals surface area contributed by atoms with E-state index in [2.05, 4.69) is 10.5 Å². The minimum atomic E-state index is -0.400. The lowest BCUT2D eigenvalue weighted by molar-refractivity contribution is -0.128. The summed E-state index contributed by atoms with van der Waals surface area (Å²) < 4.78 is 0. The SMILES string of the molecule is CC.CC(C)(C)C(=O)N/N=C1/CCCCC1N. The van der Waals surface area contributed by atoms with Gasteiger partial charge >= 0.3 is 0 Å². The highest BCUT2D eigenvalue weighted by atomic mass is 16.2. The fraction of sp³-hybridized carbons (Fsp3) is 0.846. The fourth-order valence-electron chi connectivity index (χ4n) is 1.45. The van der Waals surface area contributed by atoms with Crippen molar-refractivity contribution in [2.75, 3.05) is 0 Å². The number of nitrogens with two attached hydrogens (primary N) is 1. The molecule has 17 heavy (non-hydrogen) atoms. The molecular formula is C13H27N3O. The fourth-order valence-corrected chi connectivity index (χ4v) is 1.45. The maximum absolute atomic E-state index is 11.6. The van der Waals surface area contributed by atoms with E-state index in [1.807, 2.05) is 34.6 Å². The second-order valence-corrected chi connectivity index (χ2v) is 5.15. The zero-order valence-corrected chi connectivity index (χ0v) is 11.8. The lowest BCUT2D eigenvalue weighted by Gasteiger charge is -2.21. The Morgan fingerprint density at radius 1 is 1.35 bits per heavy atom. The van der Waals surface area contributed by atoms with Gasteiger partial charge in [-0.3, -0.25) is 4.79 Å². The number of amides is 1. The van der Waals surface area contributed by atoms with Crippen LogP contribution >= 0.6 is 0 Å². The molecule has 1 aliphatic rings. The van der Waals surface area contributed by atoms with Crippen LogP contribution < -0.4 is 11.2 Å². The smallest absolute Gasteiger partial charge is 0.245 e. The highest BCUT2D eigenvalue weighted by Gasteiger charge is 2.22. The summed E-state index contributed by atoms with van der Waals surface area (Å²) >= 11 is 0. The molecule has 0 heterocycles. The first-order valence-electron chi connectivity index (χ1n) is 6.54. The number of hydrazone groups is 1. The second-order valence-electron chi connectivity index (χ2n) is 5.15. The molecule has 1 aliphatic carbocycles. The second kappa shape index (κ2) is 7.43. The van der Waals surface area contributed by atoms with Crippen LogP contribution in [0.5, 0.6) is 0 Å². The van der Waals surface area contributed by atoms with Gasteiger partial charge in [-0.2, -0.15) is 5.10 Å². The Morgan fingerprint density at radius 2 is 1.94 bits per heavy atom. The molecule has 1 fully saturated rings. The van der Waals surface area contributed by atoms with Crippen molar-refractivity contribution in [3.63, 3.8) is 0 Å². The first-order chi connectivity index (χ1) is 7.91. The van der Waals surface area contributed by atoms with Crippen molar-refractivity contribution in [3.05, 3.63) is 0 Å². The lowest BCUT2D eigenvalue weighted by atomic mass is 9.94. The Morgan fingerprint density at radius 3 is 2.41 bits per heavy atom. The van der Waals surface area contributed by atoms with E-state index in [9.17, 15) is 4.79 Å². The standard InChI is InChI=1S/C11H21N3O.C2H6/c1-11(2,3)10(15)14-13-9-7-5-4-6-8(9)12;1-2/h8H,4-7,12H2,1-3H3,(H,14,15);1-2H3/b13-9-;. The van der Waals surface area contributed by atoms with Crippen molar-refractivity contribution in [1.82, 2.24) is 5.43 Å². The molecule has 0 radical (unpaired) electrons. The van der Waals surface area contributed by atoms with Crippen LogP contribution in [0.4, 0.5) is 0 Å². The highest BCUT2D eigenvalue weighted by Crippen LogP contribution is 2.15. The van der Waals surface area contributed by atoms with Crippen molar-refractivity contribution in [2.24, 2.45) is 16.3 Å². The molecule has 100 valence electrons. The molecular weight excluding hydrogens is 214 g/mol. The molecule has 1 atom stereocenters. The number of carbonyl (C=O) groups excluding carboxylic acids is 1. The first kappa shape index (κ1) is 16.1. The van der Waals surface area contributed by atoms with E-state index in [1.165, 1.54) is 0 Å². The average Bonchev–Trinajstić information content (AvgIpc) is 2.29. The van der Waals surface area contributed by atoms with Gasteiger partial charge in [0.2, 0.25) is 5.91 Å². The van der Waals surface area contributed by atoms with Crippen molar-refractivity contribution < 1.29 is 4.79 Å². The minimum Gasteiger partial charge on any atom is -0.323 e. The molecule has 0 spiro atoms. The summed E-state index contributed by atoms with van der Waals surface area (Å²) in [4.78, 5) is 11.6. The monoisotopic (exact) mass is 241 g/mol. The van der Waals surface area contributed by atoms with Crippen LogP contribution in [0.15, 0.2) is 5.10 Å². The normalized spacial score (nSPS) is 22.7. The van der Waals surface area contributed by atoms with Crippen molar-refractivity contribution in [2.45, 2.75) is 66.3 Å². The van der Waals surface area contributed by atoms with E-state index in [0.29, 0.717) is 0 Å². The van der Waals surface area contributed by atoms with Gasteiger partial charge in [0, 0.05) is 11.5 Å². The molecule has 1 rings (SSSR count). The van der Waals surface area contributed by atoms with Gasteiger partial charge in [0.05, 0.1) is 5.71 Å². The molecule has 0 aromatic carbocycles. The van der Waals surface area contributed by atoms with Gasteiger partial charge in [-0.15, -0.1) is 0 Å². The Hall–Kier alpha value is -0.900. The van der Waals surface area contributed by atoms with Crippen LogP contribution in [0.1, 0.15) is 60.3 Å². The van der Waals surface area contributed by atoms with E-state index >= 15 is 0 Å². The van der Waals surface area contributed by atoms with Gasteiger partial charge in [-0.05, 0) is 19.3 Å². The molecule has 4 heteroatoms. The van der Waals surface area contributed by atoms with Gasteiger partial charge in [0.25, 0.3) is 0 Å². The molecule has 1 saturated carbocycles. The number of nitrogens with zero attached hydrogens (tertiary/aromatic N) is 1. The Labute approximate surface area is 105 Å². The third kappa shape index (κ3) is 5.82. The first-order valence-corrected chi connectivity index (χ1v) is 6.54. The van der Waals surface area contributed by atoms with Crippen molar-refractivity contribution in [3.8, 4) is 0 Å². The third-order valence-electron chi connectivity index (χ3n) is 2.61. The predicted molar refractivity (Wildman–Crippen MR) is 72.8 cm³/mol. The van der Waals surface area contributed by atoms with Crippen LogP contribution in [0.25, 0.3) is 0 Å². The number of hydrogen-bond acceptors (Lipinski definition) is 3. The van der Waals surface area contributed by atoms with Crippen molar-refractivity contribution >= 4 is 11.6 Å². The van der Waals surface area contributed by atoms with Crippen LogP contribution in [-0.4, -0.2) is 17.7 Å². The lowest BCUT2D eigenvalue weighted by Crippen LogP contribution is -2.37. The van der Waals surface area contributed by atoms with E-state index in [0.717, 1.165) is 31.4 Å². The van der Waals surface area contributed by atoms with E-state index in [-0.39, 0.29) is 11.9 Å². The topological polar surface area (TPSA) is 67.5 Å². The largest absolute Gasteiger partial charge is 0.323 e. The quantitative estimate of drug-likeness (QED) is 0.692. The summed E-state index contributed by atoms with van der Waals surface area (Å²) in [5.74, 6) is -0.0622. The van der Waals surface area contributed by atoms with E-state index < -0.39 is 5.41 Å². The zero-order valence-electron chi connectivity index (χ0n) is 11.8. The summed E-state index contributed by atoms with van der Waals surface area (Å²) in [7, 11) is 0. The molecule has 4 nitrogen and oxygen atoms in total. The van der Waals surface area contributed by atoms with Gasteiger partial charge in [0.1, 0.15) is 0 Å². The summed E-state index contributed by atoms with van der Waals surface area (Å²) in [6.45, 7) is 9.59. The summed E-state index contributed by atoms with van der Waals surface area (Å²) in [5.41, 5.74) is 9.01. The molecule has 1 unspecified atom stereocenters. The van der Waals surface area contributed by atoms with E-state index in [4.69, 9.17) is 5.73 Å². The third-order valence-corrected chi connectivity index (χ3v) is 2.61. The molecule has 0 aromatic heterocycles. The molecule has 1 amide bonds. The summed E-state index contributed by atoms with van der Waals surface area (Å²) in [6.07, 6.45) is 4.17. The van der Waals surface area contributed by atoms with Gasteiger partial charge in [-0.1, -0.05) is 41.0 Å². The predicted octanol–water partition coefficient (Wildman–Crippen LogP) is 2.43. The van der Waals surface area contributed by atoms with Crippen molar-refractivity contribution in [1.29, 1.82) is 0 Å². The maximum atomic E-state index is 11.6. The Bertz CT molecular complexity index is 266. The molecule has 0 bridgehead atoms. The molecule has 3 N–H and O–H groups in total. The molecule has 0 saturated heterocycles. The van der Waals surface area contributed by atoms with Gasteiger partial charge in [0.15, 0.2) is 0 Å².